The number of benzene rings is 1. The molecule has 1 aliphatic heterocycles. The van der Waals surface area contributed by atoms with Gasteiger partial charge in [0.05, 0.1) is 13.1 Å². The number of hydrogen-bond donors (Lipinski definition) is 2. The molecular weight excluding hydrogens is 278 g/mol. The Labute approximate surface area is 132 Å². The minimum Gasteiger partial charge on any atom is -0.346 e. The second-order valence-corrected chi connectivity index (χ2v) is 5.93. The fraction of sp³-hybridized carbons (Fsp3) is 0.529. The predicted molar refractivity (Wildman–Crippen MR) is 87.8 cm³/mol. The molecule has 22 heavy (non-hydrogen) atoms. The summed E-state index contributed by atoms with van der Waals surface area (Å²) in [5.74, 6) is -0.275. The third kappa shape index (κ3) is 4.84. The quantitative estimate of drug-likeness (QED) is 0.872. The average molecular weight is 303 g/mol. The summed E-state index contributed by atoms with van der Waals surface area (Å²) in [6, 6.07) is 5.87. The zero-order chi connectivity index (χ0) is 15.9. The molecule has 0 unspecified atom stereocenters. The van der Waals surface area contributed by atoms with Crippen molar-refractivity contribution in [1.29, 1.82) is 0 Å². The first-order valence-corrected chi connectivity index (χ1v) is 7.91. The second-order valence-electron chi connectivity index (χ2n) is 5.93. The van der Waals surface area contributed by atoms with Crippen molar-refractivity contribution in [3.8, 4) is 0 Å². The molecule has 1 aromatic rings. The van der Waals surface area contributed by atoms with Crippen LogP contribution in [0.5, 0.6) is 0 Å². The third-order valence-electron chi connectivity index (χ3n) is 4.01. The molecule has 0 saturated carbocycles. The van der Waals surface area contributed by atoms with E-state index in [9.17, 15) is 9.59 Å². The number of amides is 2. The molecule has 0 aromatic heterocycles. The smallest absolute Gasteiger partial charge is 0.243 e. The monoisotopic (exact) mass is 303 g/mol. The summed E-state index contributed by atoms with van der Waals surface area (Å²) in [6.07, 6.45) is 3.55. The standard InChI is InChI=1S/C17H25N3O2/c1-13-7-6-8-14(2)17(13)19-15(21)11-18-16(22)12-20-9-4-3-5-10-20/h6-8H,3-5,9-12H2,1-2H3,(H,18,22)(H,19,21). The third-order valence-corrected chi connectivity index (χ3v) is 4.01. The molecule has 0 aliphatic carbocycles. The average Bonchev–Trinajstić information content (AvgIpc) is 2.50. The highest BCUT2D eigenvalue weighted by Crippen LogP contribution is 2.18. The van der Waals surface area contributed by atoms with E-state index in [-0.39, 0.29) is 18.4 Å². The van der Waals surface area contributed by atoms with Crippen LogP contribution in [0.1, 0.15) is 30.4 Å². The van der Waals surface area contributed by atoms with Crippen molar-refractivity contribution in [1.82, 2.24) is 10.2 Å². The number of para-hydroxylation sites is 1. The maximum Gasteiger partial charge on any atom is 0.243 e. The molecular formula is C17H25N3O2. The van der Waals surface area contributed by atoms with Gasteiger partial charge in [0.2, 0.25) is 11.8 Å². The Kier molecular flexibility index (Phi) is 5.95. The van der Waals surface area contributed by atoms with Gasteiger partial charge in [0.15, 0.2) is 0 Å². The molecule has 2 N–H and O–H groups in total. The lowest BCUT2D eigenvalue weighted by atomic mass is 10.1. The van der Waals surface area contributed by atoms with Gasteiger partial charge in [-0.25, -0.2) is 0 Å². The Morgan fingerprint density at radius 1 is 1.05 bits per heavy atom. The predicted octanol–water partition coefficient (Wildman–Crippen LogP) is 1.84. The van der Waals surface area contributed by atoms with Gasteiger partial charge in [-0.15, -0.1) is 0 Å². The first-order chi connectivity index (χ1) is 10.6. The molecule has 1 fully saturated rings. The van der Waals surface area contributed by atoms with E-state index in [0.717, 1.165) is 42.7 Å². The Hall–Kier alpha value is -1.88. The van der Waals surface area contributed by atoms with E-state index in [4.69, 9.17) is 0 Å². The number of carbonyl (C=O) groups is 2. The van der Waals surface area contributed by atoms with Crippen molar-refractivity contribution < 1.29 is 9.59 Å². The maximum atomic E-state index is 12.0. The van der Waals surface area contributed by atoms with Crippen LogP contribution in [0.4, 0.5) is 5.69 Å². The summed E-state index contributed by atoms with van der Waals surface area (Å²) in [6.45, 7) is 6.26. The Bertz CT molecular complexity index is 516. The number of anilines is 1. The Balaban J connectivity index is 1.76. The number of rotatable bonds is 5. The summed E-state index contributed by atoms with van der Waals surface area (Å²) in [5.41, 5.74) is 2.87. The molecule has 5 nitrogen and oxygen atoms in total. The van der Waals surface area contributed by atoms with Gasteiger partial charge in [0.25, 0.3) is 0 Å². The molecule has 2 rings (SSSR count). The summed E-state index contributed by atoms with van der Waals surface area (Å²) in [4.78, 5) is 26.0. The molecule has 1 heterocycles. The van der Waals surface area contributed by atoms with E-state index in [2.05, 4.69) is 15.5 Å². The van der Waals surface area contributed by atoms with Gasteiger partial charge in [0, 0.05) is 5.69 Å². The van der Waals surface area contributed by atoms with E-state index < -0.39 is 0 Å². The summed E-state index contributed by atoms with van der Waals surface area (Å²) in [7, 11) is 0. The molecule has 1 aromatic carbocycles. The van der Waals surface area contributed by atoms with Crippen LogP contribution in [0.15, 0.2) is 18.2 Å². The minimum absolute atomic E-state index is 0.0143. The summed E-state index contributed by atoms with van der Waals surface area (Å²) in [5, 5.41) is 5.57. The number of piperidine rings is 1. The van der Waals surface area contributed by atoms with Gasteiger partial charge in [-0.1, -0.05) is 24.6 Å². The Morgan fingerprint density at radius 3 is 2.32 bits per heavy atom. The van der Waals surface area contributed by atoms with Gasteiger partial charge >= 0.3 is 0 Å². The van der Waals surface area contributed by atoms with Crippen LogP contribution in [0, 0.1) is 13.8 Å². The fourth-order valence-electron chi connectivity index (χ4n) is 2.75. The highest BCUT2D eigenvalue weighted by molar-refractivity contribution is 5.95. The lowest BCUT2D eigenvalue weighted by Crippen LogP contribution is -2.42. The van der Waals surface area contributed by atoms with Gasteiger partial charge in [0.1, 0.15) is 0 Å². The lowest BCUT2D eigenvalue weighted by Gasteiger charge is -2.25. The first-order valence-electron chi connectivity index (χ1n) is 7.91. The molecule has 0 atom stereocenters. The number of hydrogen-bond acceptors (Lipinski definition) is 3. The van der Waals surface area contributed by atoms with Crippen LogP contribution in [-0.2, 0) is 9.59 Å². The number of aryl methyl sites for hydroxylation is 2. The lowest BCUT2D eigenvalue weighted by molar-refractivity contribution is -0.125. The van der Waals surface area contributed by atoms with E-state index in [1.165, 1.54) is 6.42 Å². The van der Waals surface area contributed by atoms with Crippen LogP contribution < -0.4 is 10.6 Å². The molecule has 2 amide bonds. The number of nitrogens with one attached hydrogen (secondary N) is 2. The highest BCUT2D eigenvalue weighted by atomic mass is 16.2. The molecule has 1 aliphatic rings. The zero-order valence-corrected chi connectivity index (χ0v) is 13.4. The molecule has 120 valence electrons. The van der Waals surface area contributed by atoms with Crippen molar-refractivity contribution in [3.63, 3.8) is 0 Å². The number of likely N-dealkylation sites (tertiary alicyclic amines) is 1. The molecule has 0 bridgehead atoms. The van der Waals surface area contributed by atoms with Crippen molar-refractivity contribution in [2.24, 2.45) is 0 Å². The van der Waals surface area contributed by atoms with E-state index >= 15 is 0 Å². The highest BCUT2D eigenvalue weighted by Gasteiger charge is 2.14. The van der Waals surface area contributed by atoms with Crippen LogP contribution in [-0.4, -0.2) is 42.9 Å². The fourth-order valence-corrected chi connectivity index (χ4v) is 2.75. The number of nitrogens with zero attached hydrogens (tertiary/aromatic N) is 1. The van der Waals surface area contributed by atoms with Crippen molar-refractivity contribution in [2.45, 2.75) is 33.1 Å². The number of carbonyl (C=O) groups excluding carboxylic acids is 2. The first kappa shape index (κ1) is 16.5. The largest absolute Gasteiger partial charge is 0.346 e. The van der Waals surface area contributed by atoms with E-state index in [0.29, 0.717) is 6.54 Å². The van der Waals surface area contributed by atoms with Crippen molar-refractivity contribution in [3.05, 3.63) is 29.3 Å². The van der Waals surface area contributed by atoms with Gasteiger partial charge in [-0.3, -0.25) is 14.5 Å². The van der Waals surface area contributed by atoms with Crippen LogP contribution in [0.2, 0.25) is 0 Å². The maximum absolute atomic E-state index is 12.0. The van der Waals surface area contributed by atoms with Crippen molar-refractivity contribution >= 4 is 17.5 Å². The topological polar surface area (TPSA) is 61.4 Å². The summed E-state index contributed by atoms with van der Waals surface area (Å²) >= 11 is 0. The normalized spacial score (nSPS) is 15.4. The second kappa shape index (κ2) is 7.94. The summed E-state index contributed by atoms with van der Waals surface area (Å²) < 4.78 is 0. The molecule has 0 radical (unpaired) electrons. The molecule has 0 spiro atoms. The Morgan fingerprint density at radius 2 is 1.68 bits per heavy atom. The van der Waals surface area contributed by atoms with Crippen LogP contribution >= 0.6 is 0 Å². The van der Waals surface area contributed by atoms with Gasteiger partial charge in [-0.05, 0) is 50.9 Å². The van der Waals surface area contributed by atoms with Crippen molar-refractivity contribution in [2.75, 3.05) is 31.5 Å². The van der Waals surface area contributed by atoms with E-state index in [1.54, 1.807) is 0 Å². The molecule has 1 saturated heterocycles. The SMILES string of the molecule is Cc1cccc(C)c1NC(=O)CNC(=O)CN1CCCCC1. The van der Waals surface area contributed by atoms with Gasteiger partial charge < -0.3 is 10.6 Å². The van der Waals surface area contributed by atoms with E-state index in [1.807, 2.05) is 32.0 Å². The minimum atomic E-state index is -0.190. The van der Waals surface area contributed by atoms with Crippen LogP contribution in [0.3, 0.4) is 0 Å². The van der Waals surface area contributed by atoms with Crippen LogP contribution in [0.25, 0.3) is 0 Å². The van der Waals surface area contributed by atoms with Gasteiger partial charge in [-0.2, -0.15) is 0 Å². The zero-order valence-electron chi connectivity index (χ0n) is 13.4. The molecule has 5 heteroatoms.